The van der Waals surface area contributed by atoms with Gasteiger partial charge in [0.1, 0.15) is 11.4 Å². The molecule has 20 heavy (non-hydrogen) atoms. The van der Waals surface area contributed by atoms with Crippen molar-refractivity contribution in [2.45, 2.75) is 31.3 Å². The Kier molecular flexibility index (Phi) is 3.40. The Morgan fingerprint density at radius 2 is 1.80 bits per heavy atom. The molecule has 1 fully saturated rings. The molecule has 2 aromatic rings. The van der Waals surface area contributed by atoms with Gasteiger partial charge in [-0.25, -0.2) is 0 Å². The third kappa shape index (κ3) is 2.06. The first kappa shape index (κ1) is 13.1. The van der Waals surface area contributed by atoms with Gasteiger partial charge < -0.3 is 9.47 Å². The molecule has 106 valence electrons. The molecule has 1 saturated carbocycles. The summed E-state index contributed by atoms with van der Waals surface area (Å²) in [5.41, 5.74) is 0.554. The maximum Gasteiger partial charge on any atom is 0.188 e. The van der Waals surface area contributed by atoms with Gasteiger partial charge >= 0.3 is 0 Å². The molecule has 0 spiro atoms. The third-order valence-electron chi connectivity index (χ3n) is 4.00. The van der Waals surface area contributed by atoms with Crippen molar-refractivity contribution in [2.75, 3.05) is 14.2 Å². The second-order valence-corrected chi connectivity index (χ2v) is 5.02. The minimum absolute atomic E-state index is 0.358. The molecular formula is C14H18N4O2. The maximum atomic E-state index is 5.76. The molecule has 0 atom stereocenters. The molecule has 3 rings (SSSR count). The average Bonchev–Trinajstić information content (AvgIpc) is 3.16. The minimum Gasteiger partial charge on any atom is -0.497 e. The van der Waals surface area contributed by atoms with E-state index >= 15 is 0 Å². The highest BCUT2D eigenvalue weighted by Crippen LogP contribution is 2.40. The molecule has 1 aromatic heterocycles. The Labute approximate surface area is 117 Å². The predicted molar refractivity (Wildman–Crippen MR) is 72.9 cm³/mol. The second kappa shape index (κ2) is 5.20. The quantitative estimate of drug-likeness (QED) is 0.854. The summed E-state index contributed by atoms with van der Waals surface area (Å²) >= 11 is 0. The van der Waals surface area contributed by atoms with E-state index in [9.17, 15) is 0 Å². The van der Waals surface area contributed by atoms with Gasteiger partial charge in [-0.2, -0.15) is 4.68 Å². The Hall–Kier alpha value is -1.95. The first-order valence-corrected chi connectivity index (χ1v) is 6.77. The van der Waals surface area contributed by atoms with E-state index in [0.717, 1.165) is 42.9 Å². The van der Waals surface area contributed by atoms with Crippen molar-refractivity contribution in [3.63, 3.8) is 0 Å². The van der Waals surface area contributed by atoms with Crippen LogP contribution in [0.3, 0.4) is 0 Å². The van der Waals surface area contributed by atoms with Crippen LogP contribution in [-0.2, 0) is 10.3 Å². The number of hydrogen-bond donors (Lipinski definition) is 0. The number of aromatic nitrogens is 4. The molecule has 0 aliphatic heterocycles. The van der Waals surface area contributed by atoms with E-state index in [0.29, 0.717) is 0 Å². The van der Waals surface area contributed by atoms with Crippen molar-refractivity contribution in [3.05, 3.63) is 30.1 Å². The van der Waals surface area contributed by atoms with Crippen LogP contribution < -0.4 is 4.74 Å². The largest absolute Gasteiger partial charge is 0.497 e. The Morgan fingerprint density at radius 3 is 2.40 bits per heavy atom. The summed E-state index contributed by atoms with van der Waals surface area (Å²) in [4.78, 5) is 0. The van der Waals surface area contributed by atoms with Crippen molar-refractivity contribution in [1.29, 1.82) is 0 Å². The normalized spacial score (nSPS) is 17.3. The van der Waals surface area contributed by atoms with Crippen molar-refractivity contribution in [3.8, 4) is 11.4 Å². The SMILES string of the molecule is COc1ccc(-n2nnnc2C2(OC)CCCC2)cc1. The zero-order chi connectivity index (χ0) is 14.0. The molecular weight excluding hydrogens is 256 g/mol. The third-order valence-corrected chi connectivity index (χ3v) is 4.00. The summed E-state index contributed by atoms with van der Waals surface area (Å²) in [6.07, 6.45) is 4.20. The van der Waals surface area contributed by atoms with Gasteiger partial charge in [-0.1, -0.05) is 0 Å². The number of ether oxygens (including phenoxy) is 2. The van der Waals surface area contributed by atoms with Crippen LogP contribution in [0.5, 0.6) is 5.75 Å². The zero-order valence-corrected chi connectivity index (χ0v) is 11.7. The highest BCUT2D eigenvalue weighted by atomic mass is 16.5. The first-order chi connectivity index (χ1) is 9.79. The van der Waals surface area contributed by atoms with E-state index in [1.807, 2.05) is 24.3 Å². The average molecular weight is 274 g/mol. The van der Waals surface area contributed by atoms with E-state index in [-0.39, 0.29) is 5.60 Å². The summed E-state index contributed by atoms with van der Waals surface area (Å²) < 4.78 is 12.7. The number of methoxy groups -OCH3 is 2. The molecule has 1 aliphatic rings. The Bertz CT molecular complexity index is 573. The topological polar surface area (TPSA) is 62.1 Å². The highest BCUT2D eigenvalue weighted by Gasteiger charge is 2.40. The number of nitrogens with zero attached hydrogens (tertiary/aromatic N) is 4. The summed E-state index contributed by atoms with van der Waals surface area (Å²) in [5.74, 6) is 1.59. The van der Waals surface area contributed by atoms with Crippen LogP contribution >= 0.6 is 0 Å². The van der Waals surface area contributed by atoms with Crippen LogP contribution in [0.25, 0.3) is 5.69 Å². The lowest BCUT2D eigenvalue weighted by Crippen LogP contribution is -2.29. The fourth-order valence-corrected chi connectivity index (χ4v) is 2.83. The molecule has 1 heterocycles. The predicted octanol–water partition coefficient (Wildman–Crippen LogP) is 2.09. The van der Waals surface area contributed by atoms with Gasteiger partial charge in [0.25, 0.3) is 0 Å². The Morgan fingerprint density at radius 1 is 1.10 bits per heavy atom. The smallest absolute Gasteiger partial charge is 0.188 e. The van der Waals surface area contributed by atoms with Crippen LogP contribution in [0.15, 0.2) is 24.3 Å². The van der Waals surface area contributed by atoms with Gasteiger partial charge in [-0.3, -0.25) is 0 Å². The van der Waals surface area contributed by atoms with Gasteiger partial charge in [0.05, 0.1) is 12.8 Å². The van der Waals surface area contributed by atoms with Crippen LogP contribution in [-0.4, -0.2) is 34.4 Å². The molecule has 0 saturated heterocycles. The molecule has 1 aromatic carbocycles. The number of rotatable bonds is 4. The van der Waals surface area contributed by atoms with Crippen molar-refractivity contribution >= 4 is 0 Å². The fraction of sp³-hybridized carbons (Fsp3) is 0.500. The molecule has 0 amide bonds. The monoisotopic (exact) mass is 274 g/mol. The first-order valence-electron chi connectivity index (χ1n) is 6.77. The lowest BCUT2D eigenvalue weighted by Gasteiger charge is -2.25. The standard InChI is InChI=1S/C14H18N4O2/c1-19-12-7-5-11(6-8-12)18-13(15-16-17-18)14(20-2)9-3-4-10-14/h5-8H,3-4,9-10H2,1-2H3. The van der Waals surface area contributed by atoms with Gasteiger partial charge in [-0.15, -0.1) is 5.10 Å². The fourth-order valence-electron chi connectivity index (χ4n) is 2.83. The summed E-state index contributed by atoms with van der Waals surface area (Å²) in [6.45, 7) is 0. The van der Waals surface area contributed by atoms with E-state index < -0.39 is 0 Å². The van der Waals surface area contributed by atoms with E-state index in [4.69, 9.17) is 9.47 Å². The number of tetrazole rings is 1. The van der Waals surface area contributed by atoms with Crippen LogP contribution in [0.1, 0.15) is 31.5 Å². The lowest BCUT2D eigenvalue weighted by molar-refractivity contribution is -0.0181. The number of hydrogen-bond acceptors (Lipinski definition) is 5. The van der Waals surface area contributed by atoms with Crippen LogP contribution in [0, 0.1) is 0 Å². The minimum atomic E-state index is -0.358. The van der Waals surface area contributed by atoms with E-state index in [1.165, 1.54) is 0 Å². The van der Waals surface area contributed by atoms with Crippen molar-refractivity contribution in [1.82, 2.24) is 20.2 Å². The molecule has 1 aliphatic carbocycles. The molecule has 0 radical (unpaired) electrons. The van der Waals surface area contributed by atoms with Gasteiger partial charge in [0.15, 0.2) is 5.82 Å². The van der Waals surface area contributed by atoms with E-state index in [1.54, 1.807) is 18.9 Å². The van der Waals surface area contributed by atoms with Gasteiger partial charge in [0.2, 0.25) is 0 Å². The molecule has 0 bridgehead atoms. The van der Waals surface area contributed by atoms with Crippen LogP contribution in [0.2, 0.25) is 0 Å². The van der Waals surface area contributed by atoms with Crippen LogP contribution in [0.4, 0.5) is 0 Å². The van der Waals surface area contributed by atoms with Gasteiger partial charge in [-0.05, 0) is 60.4 Å². The summed E-state index contributed by atoms with van der Waals surface area (Å²) in [7, 11) is 3.38. The summed E-state index contributed by atoms with van der Waals surface area (Å²) in [6, 6.07) is 7.68. The molecule has 6 heteroatoms. The summed E-state index contributed by atoms with van der Waals surface area (Å²) in [5, 5.41) is 12.2. The van der Waals surface area contributed by atoms with Gasteiger partial charge in [0, 0.05) is 7.11 Å². The van der Waals surface area contributed by atoms with Crippen molar-refractivity contribution < 1.29 is 9.47 Å². The van der Waals surface area contributed by atoms with Crippen molar-refractivity contribution in [2.24, 2.45) is 0 Å². The zero-order valence-electron chi connectivity index (χ0n) is 11.7. The highest BCUT2D eigenvalue weighted by molar-refractivity contribution is 5.37. The van der Waals surface area contributed by atoms with E-state index in [2.05, 4.69) is 15.5 Å². The lowest BCUT2D eigenvalue weighted by atomic mass is 10.0. The molecule has 6 nitrogen and oxygen atoms in total. The second-order valence-electron chi connectivity index (χ2n) is 5.02. The maximum absolute atomic E-state index is 5.76. The number of benzene rings is 1. The molecule has 0 unspecified atom stereocenters. The Balaban J connectivity index is 2.00. The molecule has 0 N–H and O–H groups in total.